The molecule has 30 heavy (non-hydrogen) atoms. The van der Waals surface area contributed by atoms with Crippen molar-refractivity contribution in [2.24, 2.45) is 0 Å². The molecule has 0 unspecified atom stereocenters. The maximum atomic E-state index is 13.9. The summed E-state index contributed by atoms with van der Waals surface area (Å²) < 4.78 is 19.3. The van der Waals surface area contributed by atoms with Gasteiger partial charge in [0.15, 0.2) is 5.78 Å². The number of carbonyl (C=O) groups is 1. The van der Waals surface area contributed by atoms with Crippen molar-refractivity contribution in [1.82, 2.24) is 25.1 Å². The molecule has 4 rings (SSSR count). The van der Waals surface area contributed by atoms with Crippen LogP contribution < -0.4 is 0 Å². The average Bonchev–Trinajstić information content (AvgIpc) is 3.40. The van der Waals surface area contributed by atoms with Crippen LogP contribution in [0.2, 0.25) is 0 Å². The molecule has 0 amide bonds. The van der Waals surface area contributed by atoms with Gasteiger partial charge in [-0.1, -0.05) is 5.16 Å². The van der Waals surface area contributed by atoms with Crippen molar-refractivity contribution >= 4 is 5.78 Å². The van der Waals surface area contributed by atoms with Gasteiger partial charge in [0.25, 0.3) is 0 Å². The zero-order valence-corrected chi connectivity index (χ0v) is 17.0. The number of nitrogens with zero attached hydrogens (tertiary/aromatic N) is 5. The molecule has 1 atom stereocenters. The first-order valence-corrected chi connectivity index (χ1v) is 9.92. The van der Waals surface area contributed by atoms with Crippen LogP contribution in [0.5, 0.6) is 0 Å². The number of likely N-dealkylation sites (tertiary alicyclic amines) is 1. The third kappa shape index (κ3) is 4.31. The summed E-state index contributed by atoms with van der Waals surface area (Å²) in [5.74, 6) is 0.107. The molecule has 2 aromatic heterocycles. The summed E-state index contributed by atoms with van der Waals surface area (Å²) in [4.78, 5) is 16.4. The van der Waals surface area contributed by atoms with E-state index in [-0.39, 0.29) is 23.8 Å². The van der Waals surface area contributed by atoms with Gasteiger partial charge in [0.05, 0.1) is 24.6 Å². The van der Waals surface area contributed by atoms with E-state index in [2.05, 4.69) is 15.4 Å². The van der Waals surface area contributed by atoms with Crippen molar-refractivity contribution in [3.05, 3.63) is 59.5 Å². The zero-order chi connectivity index (χ0) is 21.3. The molecule has 0 radical (unpaired) electrons. The van der Waals surface area contributed by atoms with Gasteiger partial charge in [-0.3, -0.25) is 9.69 Å². The molecule has 0 saturated carbocycles. The van der Waals surface area contributed by atoms with E-state index in [1.807, 2.05) is 4.90 Å². The number of benzene rings is 1. The van der Waals surface area contributed by atoms with Crippen LogP contribution in [0.4, 0.5) is 4.39 Å². The van der Waals surface area contributed by atoms with Crippen LogP contribution in [-0.2, 0) is 5.60 Å². The average molecular weight is 413 g/mol. The normalized spacial score (nSPS) is 17.9. The maximum Gasteiger partial charge on any atom is 0.179 e. The second-order valence-electron chi connectivity index (χ2n) is 8.15. The Labute approximate surface area is 173 Å². The van der Waals surface area contributed by atoms with Gasteiger partial charge in [-0.15, -0.1) is 0 Å². The number of aliphatic hydroxyl groups is 1. The molecule has 1 fully saturated rings. The smallest absolute Gasteiger partial charge is 0.179 e. The zero-order valence-electron chi connectivity index (χ0n) is 17.0. The summed E-state index contributed by atoms with van der Waals surface area (Å²) in [6.07, 6.45) is 4.82. The number of hydrogen-bond acceptors (Lipinski definition) is 7. The number of hydrogen-bond donors (Lipinski definition) is 1. The number of Topliss-reactive ketones (excluding diaryl/α,β-unsaturated/α-hetero) is 1. The molecule has 3 heterocycles. The molecule has 1 saturated heterocycles. The van der Waals surface area contributed by atoms with Gasteiger partial charge in [0.2, 0.25) is 0 Å². The quantitative estimate of drug-likeness (QED) is 0.621. The number of aromatic nitrogens is 4. The van der Waals surface area contributed by atoms with Gasteiger partial charge >= 0.3 is 0 Å². The fraction of sp³-hybridized carbons (Fsp3) is 0.429. The Morgan fingerprint density at radius 1 is 1.30 bits per heavy atom. The predicted molar refractivity (Wildman–Crippen MR) is 106 cm³/mol. The van der Waals surface area contributed by atoms with Gasteiger partial charge in [0, 0.05) is 24.1 Å². The van der Waals surface area contributed by atoms with Gasteiger partial charge in [-0.05, 0) is 51.4 Å². The van der Waals surface area contributed by atoms with Crippen LogP contribution >= 0.6 is 0 Å². The third-order valence-electron chi connectivity index (χ3n) is 5.32. The van der Waals surface area contributed by atoms with Crippen molar-refractivity contribution in [3.63, 3.8) is 0 Å². The Hall–Kier alpha value is -2.91. The van der Waals surface area contributed by atoms with Crippen LogP contribution in [0.25, 0.3) is 5.69 Å². The fourth-order valence-electron chi connectivity index (χ4n) is 3.74. The van der Waals surface area contributed by atoms with Crippen LogP contribution in [0.15, 0.2) is 41.2 Å². The second-order valence-corrected chi connectivity index (χ2v) is 8.15. The highest BCUT2D eigenvalue weighted by Crippen LogP contribution is 2.30. The van der Waals surface area contributed by atoms with Crippen LogP contribution in [0.3, 0.4) is 0 Å². The van der Waals surface area contributed by atoms with Crippen LogP contribution in [0, 0.1) is 5.82 Å². The minimum absolute atomic E-state index is 0.0786. The summed E-state index contributed by atoms with van der Waals surface area (Å²) >= 11 is 0. The van der Waals surface area contributed by atoms with Crippen molar-refractivity contribution in [2.75, 3.05) is 19.6 Å². The molecule has 8 nitrogen and oxygen atoms in total. The first-order chi connectivity index (χ1) is 14.3. The number of rotatable bonds is 6. The van der Waals surface area contributed by atoms with E-state index in [4.69, 9.17) is 4.52 Å². The molecule has 158 valence electrons. The van der Waals surface area contributed by atoms with Gasteiger partial charge in [0.1, 0.15) is 22.9 Å². The molecular formula is C21H24FN5O3. The number of piperidine rings is 1. The Balaban J connectivity index is 1.49. The number of carbonyl (C=O) groups excluding carboxylic acids is 1. The third-order valence-corrected chi connectivity index (χ3v) is 5.32. The monoisotopic (exact) mass is 413 g/mol. The van der Waals surface area contributed by atoms with E-state index >= 15 is 0 Å². The summed E-state index contributed by atoms with van der Waals surface area (Å²) in [6, 6.07) is 5.81. The van der Waals surface area contributed by atoms with E-state index in [1.54, 1.807) is 19.9 Å². The summed E-state index contributed by atoms with van der Waals surface area (Å²) in [5, 5.41) is 22.2. The minimum atomic E-state index is -1.07. The van der Waals surface area contributed by atoms with Crippen molar-refractivity contribution < 1.29 is 18.8 Å². The first-order valence-electron chi connectivity index (χ1n) is 9.92. The van der Waals surface area contributed by atoms with Crippen molar-refractivity contribution in [1.29, 1.82) is 0 Å². The SMILES string of the molecule is CC(C)(O)c1cc([C@@H]2CCCN(CC(=O)c3cc(F)ccc3-n3nccn3)C2)on1. The van der Waals surface area contributed by atoms with Gasteiger partial charge in [-0.2, -0.15) is 15.0 Å². The first kappa shape index (κ1) is 20.4. The highest BCUT2D eigenvalue weighted by Gasteiger charge is 2.29. The van der Waals surface area contributed by atoms with Gasteiger partial charge in [-0.25, -0.2) is 4.39 Å². The van der Waals surface area contributed by atoms with E-state index < -0.39 is 11.4 Å². The second kappa shape index (κ2) is 8.08. The summed E-state index contributed by atoms with van der Waals surface area (Å²) in [5.41, 5.74) is 0.115. The lowest BCUT2D eigenvalue weighted by atomic mass is 9.93. The molecule has 0 aliphatic carbocycles. The van der Waals surface area contributed by atoms with E-state index in [0.717, 1.165) is 19.4 Å². The highest BCUT2D eigenvalue weighted by atomic mass is 19.1. The molecule has 1 aliphatic rings. The fourth-order valence-corrected chi connectivity index (χ4v) is 3.74. The molecule has 3 aromatic rings. The Morgan fingerprint density at radius 3 is 2.77 bits per heavy atom. The Kier molecular flexibility index (Phi) is 5.48. The molecule has 1 N–H and O–H groups in total. The molecule has 1 aliphatic heterocycles. The molecule has 0 bridgehead atoms. The van der Waals surface area contributed by atoms with Crippen LogP contribution in [0.1, 0.15) is 54.4 Å². The number of halogens is 1. The largest absolute Gasteiger partial charge is 0.384 e. The molecule has 1 aromatic carbocycles. The van der Waals surface area contributed by atoms with Crippen LogP contribution in [-0.4, -0.2) is 55.6 Å². The van der Waals surface area contributed by atoms with Crippen molar-refractivity contribution in [3.8, 4) is 5.69 Å². The lowest BCUT2D eigenvalue weighted by Crippen LogP contribution is -2.38. The molecule has 9 heteroatoms. The van der Waals surface area contributed by atoms with Gasteiger partial charge < -0.3 is 9.63 Å². The summed E-state index contributed by atoms with van der Waals surface area (Å²) in [7, 11) is 0. The topological polar surface area (TPSA) is 97.3 Å². The van der Waals surface area contributed by atoms with Crippen molar-refractivity contribution in [2.45, 2.75) is 38.2 Å². The predicted octanol–water partition coefficient (Wildman–Crippen LogP) is 2.68. The standard InChI is InChI=1S/C21H24FN5O3/c1-21(2,29)20-11-19(30-25-20)14-4-3-9-26(12-14)13-18(28)16-10-15(22)5-6-17(16)27-23-7-8-24-27/h5-8,10-11,14,29H,3-4,9,12-13H2,1-2H3/t14-/m1/s1. The molecule has 0 spiro atoms. The lowest BCUT2D eigenvalue weighted by Gasteiger charge is -2.31. The summed E-state index contributed by atoms with van der Waals surface area (Å²) in [6.45, 7) is 4.86. The highest BCUT2D eigenvalue weighted by molar-refractivity contribution is 6.00. The van der Waals surface area contributed by atoms with E-state index in [0.29, 0.717) is 23.7 Å². The Morgan fingerprint density at radius 2 is 2.07 bits per heavy atom. The van der Waals surface area contributed by atoms with E-state index in [1.165, 1.54) is 35.4 Å². The van der Waals surface area contributed by atoms with E-state index in [9.17, 15) is 14.3 Å². The number of ketones is 1. The Bertz CT molecular complexity index is 1030. The lowest BCUT2D eigenvalue weighted by molar-refractivity contribution is 0.0698. The maximum absolute atomic E-state index is 13.9. The molecular weight excluding hydrogens is 389 g/mol. The minimum Gasteiger partial charge on any atom is -0.384 e.